The van der Waals surface area contributed by atoms with E-state index in [1.54, 1.807) is 0 Å². The molecular formula is C25H21ClN6. The van der Waals surface area contributed by atoms with Gasteiger partial charge in [-0.1, -0.05) is 60.1 Å². The minimum atomic E-state index is 0.122. The number of halogens is 1. The summed E-state index contributed by atoms with van der Waals surface area (Å²) in [5, 5.41) is 16.5. The molecule has 3 heterocycles. The van der Waals surface area contributed by atoms with Crippen molar-refractivity contribution in [3.05, 3.63) is 100 Å². The Hall–Kier alpha value is -3.48. The zero-order valence-corrected chi connectivity index (χ0v) is 18.0. The van der Waals surface area contributed by atoms with Crippen molar-refractivity contribution in [1.82, 2.24) is 30.5 Å². The predicted molar refractivity (Wildman–Crippen MR) is 125 cm³/mol. The van der Waals surface area contributed by atoms with Crippen molar-refractivity contribution in [2.75, 3.05) is 6.54 Å². The van der Waals surface area contributed by atoms with Crippen LogP contribution in [0.5, 0.6) is 0 Å². The summed E-state index contributed by atoms with van der Waals surface area (Å²) >= 11 is 6.21. The molecule has 1 aliphatic rings. The highest BCUT2D eigenvalue weighted by molar-refractivity contribution is 6.30. The molecule has 2 N–H and O–H groups in total. The summed E-state index contributed by atoms with van der Waals surface area (Å²) in [6, 6.07) is 25.3. The second kappa shape index (κ2) is 7.89. The molecule has 0 saturated heterocycles. The lowest BCUT2D eigenvalue weighted by Crippen LogP contribution is -2.35. The normalized spacial score (nSPS) is 16.3. The fourth-order valence-electron chi connectivity index (χ4n) is 4.81. The number of fused-ring (bicyclic) bond motifs is 3. The monoisotopic (exact) mass is 440 g/mol. The van der Waals surface area contributed by atoms with E-state index in [4.69, 9.17) is 11.6 Å². The Labute approximate surface area is 190 Å². The minimum Gasteiger partial charge on any atom is -0.357 e. The van der Waals surface area contributed by atoms with E-state index < -0.39 is 0 Å². The Morgan fingerprint density at radius 3 is 2.72 bits per heavy atom. The first-order chi connectivity index (χ1) is 15.8. The molecule has 158 valence electrons. The third kappa shape index (κ3) is 3.38. The first-order valence-electron chi connectivity index (χ1n) is 10.7. The molecule has 0 spiro atoms. The van der Waals surface area contributed by atoms with Crippen LogP contribution in [0.4, 0.5) is 0 Å². The number of hydrogen-bond donors (Lipinski definition) is 2. The molecule has 0 fully saturated rings. The number of aromatic amines is 2. The number of aromatic nitrogens is 5. The Morgan fingerprint density at radius 1 is 1.00 bits per heavy atom. The van der Waals surface area contributed by atoms with Crippen LogP contribution in [-0.2, 0) is 13.0 Å². The topological polar surface area (TPSA) is 73.5 Å². The largest absolute Gasteiger partial charge is 0.357 e. The van der Waals surface area contributed by atoms with Crippen LogP contribution in [0, 0.1) is 0 Å². The van der Waals surface area contributed by atoms with E-state index in [1.807, 2.05) is 18.2 Å². The van der Waals surface area contributed by atoms with Crippen LogP contribution in [0.1, 0.15) is 28.4 Å². The van der Waals surface area contributed by atoms with Crippen LogP contribution in [0.3, 0.4) is 0 Å². The second-order valence-corrected chi connectivity index (χ2v) is 8.61. The molecule has 0 amide bonds. The van der Waals surface area contributed by atoms with Gasteiger partial charge in [0.1, 0.15) is 0 Å². The third-order valence-electron chi connectivity index (χ3n) is 6.24. The Morgan fingerprint density at radius 2 is 1.88 bits per heavy atom. The fraction of sp³-hybridized carbons (Fsp3) is 0.160. The van der Waals surface area contributed by atoms with Crippen LogP contribution in [0.25, 0.3) is 22.3 Å². The maximum Gasteiger partial charge on any atom is 0.204 e. The van der Waals surface area contributed by atoms with Crippen molar-refractivity contribution >= 4 is 22.5 Å². The molecule has 0 saturated carbocycles. The summed E-state index contributed by atoms with van der Waals surface area (Å²) in [7, 11) is 0. The Kier molecular flexibility index (Phi) is 4.74. The summed E-state index contributed by atoms with van der Waals surface area (Å²) in [6.45, 7) is 1.78. The van der Waals surface area contributed by atoms with Crippen LogP contribution < -0.4 is 0 Å². The van der Waals surface area contributed by atoms with E-state index in [0.29, 0.717) is 5.82 Å². The lowest BCUT2D eigenvalue weighted by atomic mass is 9.92. The zero-order chi connectivity index (χ0) is 21.5. The SMILES string of the molecule is Clc1ccc(C2c3[nH]c4ccccc4c3CCN2Cc2cccc(-c3nn[nH]n3)c2)cc1. The summed E-state index contributed by atoms with van der Waals surface area (Å²) in [5.74, 6) is 0.609. The highest BCUT2D eigenvalue weighted by Gasteiger charge is 2.31. The minimum absolute atomic E-state index is 0.122. The molecule has 1 aliphatic heterocycles. The first-order valence-corrected chi connectivity index (χ1v) is 11.1. The molecule has 32 heavy (non-hydrogen) atoms. The number of para-hydroxylation sites is 1. The van der Waals surface area contributed by atoms with Gasteiger partial charge < -0.3 is 4.98 Å². The standard InChI is InChI=1S/C25H21ClN6/c26-19-10-8-17(9-11-19)24-23-21(20-6-1-2-7-22(20)27-23)12-13-32(24)15-16-4-3-5-18(14-16)25-28-30-31-29-25/h1-11,14,24,27H,12-13,15H2,(H,28,29,30,31). The maximum absolute atomic E-state index is 6.21. The van der Waals surface area contributed by atoms with Gasteiger partial charge in [-0.2, -0.15) is 5.21 Å². The van der Waals surface area contributed by atoms with Gasteiger partial charge in [0.05, 0.1) is 6.04 Å². The van der Waals surface area contributed by atoms with E-state index in [-0.39, 0.29) is 6.04 Å². The number of nitrogens with one attached hydrogen (secondary N) is 2. The lowest BCUT2D eigenvalue weighted by Gasteiger charge is -2.36. The quantitative estimate of drug-likeness (QED) is 0.405. The van der Waals surface area contributed by atoms with Crippen LogP contribution >= 0.6 is 11.6 Å². The fourth-order valence-corrected chi connectivity index (χ4v) is 4.94. The molecule has 0 radical (unpaired) electrons. The van der Waals surface area contributed by atoms with Crippen LogP contribution in [-0.4, -0.2) is 37.1 Å². The van der Waals surface area contributed by atoms with Gasteiger partial charge in [-0.25, -0.2) is 0 Å². The summed E-state index contributed by atoms with van der Waals surface area (Å²) in [4.78, 5) is 6.25. The van der Waals surface area contributed by atoms with Gasteiger partial charge in [0.25, 0.3) is 0 Å². The highest BCUT2D eigenvalue weighted by atomic mass is 35.5. The molecule has 6 nitrogen and oxygen atoms in total. The maximum atomic E-state index is 6.21. The molecule has 3 aromatic carbocycles. The summed E-state index contributed by atoms with van der Waals surface area (Å²) in [5.41, 5.74) is 7.29. The lowest BCUT2D eigenvalue weighted by molar-refractivity contribution is 0.202. The van der Waals surface area contributed by atoms with E-state index >= 15 is 0 Å². The Balaban J connectivity index is 1.41. The number of H-pyrrole nitrogens is 2. The number of benzene rings is 3. The molecule has 5 aromatic rings. The summed E-state index contributed by atoms with van der Waals surface area (Å²) < 4.78 is 0. The zero-order valence-electron chi connectivity index (χ0n) is 17.3. The third-order valence-corrected chi connectivity index (χ3v) is 6.49. The van der Waals surface area contributed by atoms with Gasteiger partial charge in [-0.05, 0) is 52.6 Å². The number of nitrogens with zero attached hydrogens (tertiary/aromatic N) is 4. The van der Waals surface area contributed by atoms with Gasteiger partial charge in [-0.3, -0.25) is 4.90 Å². The number of tetrazole rings is 1. The van der Waals surface area contributed by atoms with Crippen molar-refractivity contribution in [2.45, 2.75) is 19.0 Å². The average molecular weight is 441 g/mol. The molecule has 0 aliphatic carbocycles. The van der Waals surface area contributed by atoms with E-state index in [1.165, 1.54) is 33.3 Å². The molecule has 1 unspecified atom stereocenters. The second-order valence-electron chi connectivity index (χ2n) is 8.17. The average Bonchev–Trinajstić information content (AvgIpc) is 3.48. The number of rotatable bonds is 4. The van der Waals surface area contributed by atoms with Crippen molar-refractivity contribution < 1.29 is 0 Å². The molecule has 2 aromatic heterocycles. The van der Waals surface area contributed by atoms with Crippen molar-refractivity contribution in [3.8, 4) is 11.4 Å². The van der Waals surface area contributed by atoms with E-state index in [0.717, 1.165) is 30.1 Å². The van der Waals surface area contributed by atoms with Gasteiger partial charge in [0.15, 0.2) is 0 Å². The van der Waals surface area contributed by atoms with Gasteiger partial charge in [0.2, 0.25) is 5.82 Å². The van der Waals surface area contributed by atoms with E-state index in [2.05, 4.69) is 85.1 Å². The first kappa shape index (κ1) is 19.2. The van der Waals surface area contributed by atoms with Crippen LogP contribution in [0.15, 0.2) is 72.8 Å². The van der Waals surface area contributed by atoms with Crippen molar-refractivity contribution in [3.63, 3.8) is 0 Å². The number of hydrogen-bond acceptors (Lipinski definition) is 4. The molecular weight excluding hydrogens is 420 g/mol. The highest BCUT2D eigenvalue weighted by Crippen LogP contribution is 2.39. The Bertz CT molecular complexity index is 1370. The van der Waals surface area contributed by atoms with E-state index in [9.17, 15) is 0 Å². The molecule has 1 atom stereocenters. The van der Waals surface area contributed by atoms with Crippen molar-refractivity contribution in [1.29, 1.82) is 0 Å². The molecule has 7 heteroatoms. The van der Waals surface area contributed by atoms with Gasteiger partial charge in [0, 0.05) is 40.3 Å². The molecule has 0 bridgehead atoms. The van der Waals surface area contributed by atoms with Gasteiger partial charge >= 0.3 is 0 Å². The molecule has 6 rings (SSSR count). The smallest absolute Gasteiger partial charge is 0.204 e. The van der Waals surface area contributed by atoms with Crippen LogP contribution in [0.2, 0.25) is 5.02 Å². The van der Waals surface area contributed by atoms with Crippen molar-refractivity contribution in [2.24, 2.45) is 0 Å². The summed E-state index contributed by atoms with van der Waals surface area (Å²) in [6.07, 6.45) is 1.01. The van der Waals surface area contributed by atoms with Gasteiger partial charge in [-0.15, -0.1) is 10.2 Å². The predicted octanol–water partition coefficient (Wildman–Crippen LogP) is 5.15.